The minimum atomic E-state index is -0.115. The van der Waals surface area contributed by atoms with Gasteiger partial charge in [-0.1, -0.05) is 42.1 Å². The van der Waals surface area contributed by atoms with E-state index < -0.39 is 0 Å². The average molecular weight is 301 g/mol. The van der Waals surface area contributed by atoms with E-state index in [0.29, 0.717) is 15.7 Å². The molecule has 1 saturated heterocycles. The van der Waals surface area contributed by atoms with Crippen molar-refractivity contribution in [3.63, 3.8) is 0 Å². The van der Waals surface area contributed by atoms with Crippen molar-refractivity contribution in [2.24, 2.45) is 0 Å². The van der Waals surface area contributed by atoms with Gasteiger partial charge in [-0.25, -0.2) is 4.79 Å². The van der Waals surface area contributed by atoms with Crippen molar-refractivity contribution < 1.29 is 4.79 Å². The van der Waals surface area contributed by atoms with Gasteiger partial charge < -0.3 is 10.2 Å². The predicted molar refractivity (Wildman–Crippen MR) is 80.3 cm³/mol. The zero-order valence-corrected chi connectivity index (χ0v) is 12.5. The highest BCUT2D eigenvalue weighted by molar-refractivity contribution is 6.40. The number of benzene rings is 1. The SMILES string of the molecule is Cc1ccc(Cl)c(NC(=O)N2CCCCCC2)c1Cl. The predicted octanol–water partition coefficient (Wildman–Crippen LogP) is 4.71. The van der Waals surface area contributed by atoms with Crippen LogP contribution in [0, 0.1) is 6.92 Å². The number of anilines is 1. The maximum atomic E-state index is 12.2. The van der Waals surface area contributed by atoms with Crippen molar-refractivity contribution in [3.05, 3.63) is 27.7 Å². The van der Waals surface area contributed by atoms with E-state index in [1.165, 1.54) is 12.8 Å². The molecule has 0 unspecified atom stereocenters. The fourth-order valence-electron chi connectivity index (χ4n) is 2.23. The van der Waals surface area contributed by atoms with Crippen LogP contribution in [0.15, 0.2) is 12.1 Å². The Morgan fingerprint density at radius 3 is 2.42 bits per heavy atom. The number of aryl methyl sites for hydroxylation is 1. The van der Waals surface area contributed by atoms with Gasteiger partial charge in [-0.05, 0) is 31.4 Å². The van der Waals surface area contributed by atoms with Crippen LogP contribution in [0.2, 0.25) is 10.0 Å². The Labute approximate surface area is 123 Å². The molecule has 0 aromatic heterocycles. The fourth-order valence-corrected chi connectivity index (χ4v) is 2.70. The van der Waals surface area contributed by atoms with E-state index in [1.54, 1.807) is 6.07 Å². The van der Waals surface area contributed by atoms with Crippen LogP contribution in [0.4, 0.5) is 10.5 Å². The summed E-state index contributed by atoms with van der Waals surface area (Å²) in [5.74, 6) is 0. The van der Waals surface area contributed by atoms with Crippen LogP contribution in [-0.2, 0) is 0 Å². The van der Waals surface area contributed by atoms with Crippen LogP contribution in [0.25, 0.3) is 0 Å². The molecular weight excluding hydrogens is 283 g/mol. The van der Waals surface area contributed by atoms with Gasteiger partial charge in [-0.3, -0.25) is 0 Å². The zero-order chi connectivity index (χ0) is 13.8. The third-order valence-electron chi connectivity index (χ3n) is 3.41. The molecule has 1 aromatic carbocycles. The summed E-state index contributed by atoms with van der Waals surface area (Å²) in [6, 6.07) is 3.48. The van der Waals surface area contributed by atoms with Gasteiger partial charge in [0.2, 0.25) is 0 Å². The van der Waals surface area contributed by atoms with E-state index in [9.17, 15) is 4.79 Å². The summed E-state index contributed by atoms with van der Waals surface area (Å²) < 4.78 is 0. The number of urea groups is 1. The average Bonchev–Trinajstić information content (AvgIpc) is 2.68. The minimum absolute atomic E-state index is 0.115. The summed E-state index contributed by atoms with van der Waals surface area (Å²) in [6.07, 6.45) is 4.50. The van der Waals surface area contributed by atoms with Gasteiger partial charge in [-0.15, -0.1) is 0 Å². The molecule has 0 atom stereocenters. The van der Waals surface area contributed by atoms with E-state index in [4.69, 9.17) is 23.2 Å². The Balaban J connectivity index is 2.12. The Morgan fingerprint density at radius 2 is 1.79 bits per heavy atom. The lowest BCUT2D eigenvalue weighted by Crippen LogP contribution is -2.35. The molecule has 5 heteroatoms. The zero-order valence-electron chi connectivity index (χ0n) is 11.0. The lowest BCUT2D eigenvalue weighted by Gasteiger charge is -2.21. The number of hydrogen-bond donors (Lipinski definition) is 1. The van der Waals surface area contributed by atoms with Crippen LogP contribution < -0.4 is 5.32 Å². The molecule has 0 bridgehead atoms. The highest BCUT2D eigenvalue weighted by atomic mass is 35.5. The highest BCUT2D eigenvalue weighted by Crippen LogP contribution is 2.33. The van der Waals surface area contributed by atoms with Crippen LogP contribution in [0.1, 0.15) is 31.2 Å². The Hall–Kier alpha value is -0.930. The van der Waals surface area contributed by atoms with Gasteiger partial charge in [-0.2, -0.15) is 0 Å². The van der Waals surface area contributed by atoms with Gasteiger partial charge in [0, 0.05) is 13.1 Å². The van der Waals surface area contributed by atoms with Crippen molar-refractivity contribution in [1.82, 2.24) is 4.90 Å². The molecular formula is C14H18Cl2N2O. The van der Waals surface area contributed by atoms with Crippen LogP contribution >= 0.6 is 23.2 Å². The van der Waals surface area contributed by atoms with Gasteiger partial charge in [0.15, 0.2) is 0 Å². The highest BCUT2D eigenvalue weighted by Gasteiger charge is 2.18. The number of likely N-dealkylation sites (tertiary alicyclic amines) is 1. The molecule has 1 aromatic rings. The number of halogens is 2. The summed E-state index contributed by atoms with van der Waals surface area (Å²) in [7, 11) is 0. The van der Waals surface area contributed by atoms with Crippen LogP contribution in [0.3, 0.4) is 0 Å². The Morgan fingerprint density at radius 1 is 1.16 bits per heavy atom. The molecule has 0 saturated carbocycles. The number of carbonyl (C=O) groups excluding carboxylic acids is 1. The smallest absolute Gasteiger partial charge is 0.321 e. The third-order valence-corrected chi connectivity index (χ3v) is 4.21. The second-order valence-electron chi connectivity index (χ2n) is 4.88. The molecule has 0 radical (unpaired) electrons. The van der Waals surface area contributed by atoms with Gasteiger partial charge in [0.05, 0.1) is 15.7 Å². The molecule has 0 spiro atoms. The van der Waals surface area contributed by atoms with E-state index in [1.807, 2.05) is 17.9 Å². The quantitative estimate of drug-likeness (QED) is 0.800. The molecule has 104 valence electrons. The van der Waals surface area contributed by atoms with Gasteiger partial charge >= 0.3 is 6.03 Å². The van der Waals surface area contributed by atoms with E-state index in [-0.39, 0.29) is 6.03 Å². The molecule has 1 fully saturated rings. The summed E-state index contributed by atoms with van der Waals surface area (Å²) in [6.45, 7) is 3.49. The van der Waals surface area contributed by atoms with E-state index in [2.05, 4.69) is 5.32 Å². The first kappa shape index (κ1) is 14.5. The van der Waals surface area contributed by atoms with Crippen molar-refractivity contribution in [1.29, 1.82) is 0 Å². The lowest BCUT2D eigenvalue weighted by atomic mass is 10.2. The second kappa shape index (κ2) is 6.49. The molecule has 3 nitrogen and oxygen atoms in total. The third kappa shape index (κ3) is 3.54. The van der Waals surface area contributed by atoms with E-state index >= 15 is 0 Å². The summed E-state index contributed by atoms with van der Waals surface area (Å²) in [4.78, 5) is 14.1. The summed E-state index contributed by atoms with van der Waals surface area (Å²) in [5, 5.41) is 3.82. The Kier molecular flexibility index (Phi) is 4.94. The maximum absolute atomic E-state index is 12.2. The lowest BCUT2D eigenvalue weighted by molar-refractivity contribution is 0.214. The maximum Gasteiger partial charge on any atom is 0.321 e. The molecule has 19 heavy (non-hydrogen) atoms. The number of amides is 2. The molecule has 2 rings (SSSR count). The summed E-state index contributed by atoms with van der Waals surface area (Å²) in [5.41, 5.74) is 1.41. The van der Waals surface area contributed by atoms with Crippen molar-refractivity contribution >= 4 is 34.9 Å². The number of rotatable bonds is 1. The summed E-state index contributed by atoms with van der Waals surface area (Å²) >= 11 is 12.3. The van der Waals surface area contributed by atoms with Crippen LogP contribution in [-0.4, -0.2) is 24.0 Å². The molecule has 1 aliphatic heterocycles. The topological polar surface area (TPSA) is 32.3 Å². The van der Waals surface area contributed by atoms with Crippen molar-refractivity contribution in [2.45, 2.75) is 32.6 Å². The van der Waals surface area contributed by atoms with Gasteiger partial charge in [0.25, 0.3) is 0 Å². The molecule has 1 aliphatic rings. The minimum Gasteiger partial charge on any atom is -0.325 e. The monoisotopic (exact) mass is 300 g/mol. The first-order chi connectivity index (χ1) is 9.09. The fraction of sp³-hybridized carbons (Fsp3) is 0.500. The Bertz CT molecular complexity index is 469. The molecule has 0 aliphatic carbocycles. The van der Waals surface area contributed by atoms with Crippen LogP contribution in [0.5, 0.6) is 0 Å². The molecule has 2 amide bonds. The molecule has 1 N–H and O–H groups in total. The standard InChI is InChI=1S/C14H18Cl2N2O/c1-10-6-7-11(15)13(12(10)16)17-14(19)18-8-4-2-3-5-9-18/h6-7H,2-5,8-9H2,1H3,(H,17,19). The first-order valence-electron chi connectivity index (χ1n) is 6.60. The van der Waals surface area contributed by atoms with Gasteiger partial charge in [0.1, 0.15) is 0 Å². The number of nitrogens with zero attached hydrogens (tertiary/aromatic N) is 1. The van der Waals surface area contributed by atoms with Crippen molar-refractivity contribution in [3.8, 4) is 0 Å². The normalized spacial score (nSPS) is 16.1. The van der Waals surface area contributed by atoms with E-state index in [0.717, 1.165) is 31.5 Å². The molecule has 1 heterocycles. The number of nitrogens with one attached hydrogen (secondary N) is 1. The first-order valence-corrected chi connectivity index (χ1v) is 7.35. The second-order valence-corrected chi connectivity index (χ2v) is 5.67. The number of carbonyl (C=O) groups is 1. The van der Waals surface area contributed by atoms with Crippen molar-refractivity contribution in [2.75, 3.05) is 18.4 Å². The number of hydrogen-bond acceptors (Lipinski definition) is 1. The largest absolute Gasteiger partial charge is 0.325 e.